The summed E-state index contributed by atoms with van der Waals surface area (Å²) in [4.78, 5) is 21.9. The molecule has 0 radical (unpaired) electrons. The number of carbonyl (C=O) groups excluding carboxylic acids is 1. The molecule has 0 aromatic heterocycles. The summed E-state index contributed by atoms with van der Waals surface area (Å²) in [6, 6.07) is 10.3. The second kappa shape index (κ2) is 8.29. The van der Waals surface area contributed by atoms with Crippen molar-refractivity contribution in [1.82, 2.24) is 5.43 Å². The molecule has 0 fully saturated rings. The number of phenols is 1. The zero-order valence-corrected chi connectivity index (χ0v) is 13.2. The standard InChI is InChI=1S/C16H15N3O6/c1-24-15-8-11(6-7-13(15)20)9-17-18-16(21)10-25-14-5-3-2-4-12(14)19(22)23/h2-9,20H,10H2,1H3,(H,18,21). The molecule has 130 valence electrons. The number of hydrogen-bond acceptors (Lipinski definition) is 7. The molecule has 0 aliphatic carbocycles. The molecule has 0 aliphatic heterocycles. The van der Waals surface area contributed by atoms with Gasteiger partial charge in [-0.1, -0.05) is 12.1 Å². The lowest BCUT2D eigenvalue weighted by Crippen LogP contribution is -2.24. The van der Waals surface area contributed by atoms with Crippen LogP contribution in [-0.4, -0.2) is 35.9 Å². The number of aromatic hydroxyl groups is 1. The Morgan fingerprint density at radius 1 is 1.32 bits per heavy atom. The van der Waals surface area contributed by atoms with Gasteiger partial charge in [0.15, 0.2) is 23.9 Å². The van der Waals surface area contributed by atoms with E-state index >= 15 is 0 Å². The molecule has 2 N–H and O–H groups in total. The first-order valence-electron chi connectivity index (χ1n) is 7.06. The quantitative estimate of drug-likeness (QED) is 0.448. The molecule has 0 unspecified atom stereocenters. The summed E-state index contributed by atoms with van der Waals surface area (Å²) < 4.78 is 10.1. The number of carbonyl (C=O) groups is 1. The normalized spacial score (nSPS) is 10.4. The third-order valence-electron chi connectivity index (χ3n) is 3.03. The molecule has 1 amide bonds. The van der Waals surface area contributed by atoms with Crippen LogP contribution < -0.4 is 14.9 Å². The van der Waals surface area contributed by atoms with Crippen molar-refractivity contribution in [2.24, 2.45) is 5.10 Å². The second-order valence-corrected chi connectivity index (χ2v) is 4.74. The van der Waals surface area contributed by atoms with E-state index < -0.39 is 17.4 Å². The molecule has 0 saturated heterocycles. The summed E-state index contributed by atoms with van der Waals surface area (Å²) in [7, 11) is 1.41. The number of ether oxygens (including phenoxy) is 2. The van der Waals surface area contributed by atoms with Crippen LogP contribution in [0.3, 0.4) is 0 Å². The summed E-state index contributed by atoms with van der Waals surface area (Å²) in [6.07, 6.45) is 1.35. The van der Waals surface area contributed by atoms with Crippen LogP contribution >= 0.6 is 0 Å². The molecule has 2 rings (SSSR count). The summed E-state index contributed by atoms with van der Waals surface area (Å²) in [5.74, 6) is -0.327. The SMILES string of the molecule is COc1cc(C=NNC(=O)COc2ccccc2[N+](=O)[O-])ccc1O. The predicted octanol–water partition coefficient (Wildman–Crippen LogP) is 1.84. The molecular weight excluding hydrogens is 330 g/mol. The minimum atomic E-state index is -0.594. The molecule has 2 aromatic carbocycles. The van der Waals surface area contributed by atoms with E-state index in [2.05, 4.69) is 10.5 Å². The van der Waals surface area contributed by atoms with Gasteiger partial charge in [0.25, 0.3) is 5.91 Å². The van der Waals surface area contributed by atoms with E-state index in [0.717, 1.165) is 0 Å². The maximum atomic E-state index is 11.7. The van der Waals surface area contributed by atoms with Crippen LogP contribution in [0.1, 0.15) is 5.56 Å². The van der Waals surface area contributed by atoms with E-state index in [1.807, 2.05) is 0 Å². The fraction of sp³-hybridized carbons (Fsp3) is 0.125. The Morgan fingerprint density at radius 2 is 2.08 bits per heavy atom. The molecule has 25 heavy (non-hydrogen) atoms. The molecule has 0 atom stereocenters. The molecule has 2 aromatic rings. The zero-order valence-electron chi connectivity index (χ0n) is 13.2. The predicted molar refractivity (Wildman–Crippen MR) is 89.0 cm³/mol. The molecule has 0 saturated carbocycles. The average Bonchev–Trinajstić information content (AvgIpc) is 2.61. The van der Waals surface area contributed by atoms with Crippen LogP contribution in [0.4, 0.5) is 5.69 Å². The van der Waals surface area contributed by atoms with Crippen molar-refractivity contribution >= 4 is 17.8 Å². The Bertz CT molecular complexity index is 806. The first-order valence-corrected chi connectivity index (χ1v) is 7.06. The van der Waals surface area contributed by atoms with E-state index in [9.17, 15) is 20.0 Å². The minimum Gasteiger partial charge on any atom is -0.504 e. The lowest BCUT2D eigenvalue weighted by atomic mass is 10.2. The highest BCUT2D eigenvalue weighted by molar-refractivity contribution is 5.83. The highest BCUT2D eigenvalue weighted by atomic mass is 16.6. The maximum absolute atomic E-state index is 11.7. The topological polar surface area (TPSA) is 123 Å². The van der Waals surface area contributed by atoms with E-state index in [-0.39, 0.29) is 22.9 Å². The van der Waals surface area contributed by atoms with Gasteiger partial charge in [-0.3, -0.25) is 14.9 Å². The van der Waals surface area contributed by atoms with Gasteiger partial charge in [0.2, 0.25) is 0 Å². The number of hydrazone groups is 1. The van der Waals surface area contributed by atoms with Crippen LogP contribution in [0.2, 0.25) is 0 Å². The van der Waals surface area contributed by atoms with Crippen LogP contribution in [0, 0.1) is 10.1 Å². The number of nitrogens with zero attached hydrogens (tertiary/aromatic N) is 2. The summed E-state index contributed by atoms with van der Waals surface area (Å²) in [5.41, 5.74) is 2.60. The summed E-state index contributed by atoms with van der Waals surface area (Å²) in [5, 5.41) is 24.1. The maximum Gasteiger partial charge on any atom is 0.310 e. The van der Waals surface area contributed by atoms with Gasteiger partial charge in [0.1, 0.15) is 0 Å². The number of nitrogens with one attached hydrogen (secondary N) is 1. The Balaban J connectivity index is 1.90. The number of nitro benzene ring substituents is 1. The lowest BCUT2D eigenvalue weighted by Gasteiger charge is -2.05. The number of hydrogen-bond donors (Lipinski definition) is 2. The number of amides is 1. The largest absolute Gasteiger partial charge is 0.504 e. The van der Waals surface area contributed by atoms with Gasteiger partial charge in [-0.25, -0.2) is 5.43 Å². The number of phenolic OH excluding ortho intramolecular Hbond substituents is 1. The van der Waals surface area contributed by atoms with E-state index in [1.165, 1.54) is 43.7 Å². The highest BCUT2D eigenvalue weighted by Crippen LogP contribution is 2.26. The monoisotopic (exact) mass is 345 g/mol. The second-order valence-electron chi connectivity index (χ2n) is 4.74. The third kappa shape index (κ3) is 4.93. The van der Waals surface area contributed by atoms with Gasteiger partial charge >= 0.3 is 5.69 Å². The Hall–Kier alpha value is -3.62. The van der Waals surface area contributed by atoms with Crippen molar-refractivity contribution in [3.05, 3.63) is 58.1 Å². The number of methoxy groups -OCH3 is 1. The number of para-hydroxylation sites is 2. The van der Waals surface area contributed by atoms with Crippen molar-refractivity contribution in [1.29, 1.82) is 0 Å². The van der Waals surface area contributed by atoms with E-state index in [4.69, 9.17) is 9.47 Å². The fourth-order valence-electron chi connectivity index (χ4n) is 1.86. The van der Waals surface area contributed by atoms with Gasteiger partial charge in [-0.05, 0) is 29.8 Å². The molecule has 0 aliphatic rings. The summed E-state index contributed by atoms with van der Waals surface area (Å²) >= 11 is 0. The Kier molecular flexibility index (Phi) is 5.88. The van der Waals surface area contributed by atoms with Crippen LogP contribution in [-0.2, 0) is 4.79 Å². The van der Waals surface area contributed by atoms with Gasteiger partial charge in [0.05, 0.1) is 18.2 Å². The van der Waals surface area contributed by atoms with Crippen molar-refractivity contribution in [2.45, 2.75) is 0 Å². The minimum absolute atomic E-state index is 0.00472. The smallest absolute Gasteiger partial charge is 0.310 e. The van der Waals surface area contributed by atoms with Crippen LogP contribution in [0.25, 0.3) is 0 Å². The Morgan fingerprint density at radius 3 is 2.80 bits per heavy atom. The van der Waals surface area contributed by atoms with Crippen molar-refractivity contribution in [2.75, 3.05) is 13.7 Å². The molecule has 9 nitrogen and oxygen atoms in total. The summed E-state index contributed by atoms with van der Waals surface area (Å²) in [6.45, 7) is -0.429. The zero-order chi connectivity index (χ0) is 18.2. The molecule has 0 spiro atoms. The molecule has 9 heteroatoms. The van der Waals surface area contributed by atoms with Crippen molar-refractivity contribution in [3.63, 3.8) is 0 Å². The molecule has 0 heterocycles. The number of nitro groups is 1. The average molecular weight is 345 g/mol. The number of benzene rings is 2. The van der Waals surface area contributed by atoms with Gasteiger partial charge in [0, 0.05) is 6.07 Å². The Labute approximate surface area is 142 Å². The van der Waals surface area contributed by atoms with E-state index in [1.54, 1.807) is 12.1 Å². The fourth-order valence-corrected chi connectivity index (χ4v) is 1.86. The van der Waals surface area contributed by atoms with Crippen molar-refractivity contribution < 1.29 is 24.3 Å². The number of rotatable bonds is 7. The molecular formula is C16H15N3O6. The third-order valence-corrected chi connectivity index (χ3v) is 3.03. The lowest BCUT2D eigenvalue weighted by molar-refractivity contribution is -0.385. The first-order chi connectivity index (χ1) is 12.0. The van der Waals surface area contributed by atoms with Crippen molar-refractivity contribution in [3.8, 4) is 17.2 Å². The van der Waals surface area contributed by atoms with Crippen LogP contribution in [0.15, 0.2) is 47.6 Å². The highest BCUT2D eigenvalue weighted by Gasteiger charge is 2.14. The first kappa shape index (κ1) is 17.7. The van der Waals surface area contributed by atoms with Gasteiger partial charge in [-0.2, -0.15) is 5.10 Å². The van der Waals surface area contributed by atoms with Crippen LogP contribution in [0.5, 0.6) is 17.2 Å². The molecule has 0 bridgehead atoms. The van der Waals surface area contributed by atoms with Gasteiger partial charge in [-0.15, -0.1) is 0 Å². The van der Waals surface area contributed by atoms with E-state index in [0.29, 0.717) is 5.56 Å². The van der Waals surface area contributed by atoms with Gasteiger partial charge < -0.3 is 14.6 Å².